The van der Waals surface area contributed by atoms with Crippen LogP contribution >= 0.6 is 0 Å². The number of tetrazole rings is 1. The van der Waals surface area contributed by atoms with E-state index in [0.717, 1.165) is 5.56 Å². The molecule has 8 nitrogen and oxygen atoms in total. The minimum Gasteiger partial charge on any atom is -0.361 e. The highest BCUT2D eigenvalue weighted by Gasteiger charge is 2.12. The summed E-state index contributed by atoms with van der Waals surface area (Å²) in [6, 6.07) is 8.68. The summed E-state index contributed by atoms with van der Waals surface area (Å²) in [5.41, 5.74) is 1.58. The Morgan fingerprint density at radius 3 is 2.95 bits per heavy atom. The van der Waals surface area contributed by atoms with Crippen LogP contribution in [0.25, 0.3) is 11.4 Å². The summed E-state index contributed by atoms with van der Waals surface area (Å²) in [6.07, 6.45) is 0. The molecule has 0 bridgehead atoms. The third-order valence-corrected chi connectivity index (χ3v) is 2.58. The third-order valence-electron chi connectivity index (χ3n) is 2.58. The van der Waals surface area contributed by atoms with Gasteiger partial charge in [0.15, 0.2) is 5.69 Å². The number of H-pyrrole nitrogens is 1. The van der Waals surface area contributed by atoms with Crippen molar-refractivity contribution in [2.24, 2.45) is 0 Å². The molecule has 2 heterocycles. The Labute approximate surface area is 113 Å². The molecule has 8 heteroatoms. The minimum atomic E-state index is -0.341. The van der Waals surface area contributed by atoms with Crippen molar-refractivity contribution in [2.45, 2.75) is 6.92 Å². The lowest BCUT2D eigenvalue weighted by Gasteiger charge is -2.03. The van der Waals surface area contributed by atoms with Crippen molar-refractivity contribution in [2.75, 3.05) is 5.32 Å². The molecule has 0 saturated carbocycles. The highest BCUT2D eigenvalue weighted by molar-refractivity contribution is 6.03. The number of carbonyl (C=O) groups is 1. The second-order valence-corrected chi connectivity index (χ2v) is 4.09. The molecular formula is C12H10N6O2. The van der Waals surface area contributed by atoms with Gasteiger partial charge in [0.25, 0.3) is 5.91 Å². The first-order valence-corrected chi connectivity index (χ1v) is 5.81. The quantitative estimate of drug-likeness (QED) is 0.744. The van der Waals surface area contributed by atoms with Gasteiger partial charge in [-0.2, -0.15) is 5.21 Å². The van der Waals surface area contributed by atoms with Gasteiger partial charge in [0, 0.05) is 17.3 Å². The van der Waals surface area contributed by atoms with Gasteiger partial charge in [-0.15, -0.1) is 10.2 Å². The lowest BCUT2D eigenvalue weighted by atomic mass is 10.2. The fourth-order valence-electron chi connectivity index (χ4n) is 1.69. The molecule has 2 aromatic heterocycles. The van der Waals surface area contributed by atoms with Crippen molar-refractivity contribution in [3.8, 4) is 11.4 Å². The van der Waals surface area contributed by atoms with E-state index < -0.39 is 0 Å². The SMILES string of the molecule is Cc1cc(C(=O)Nc2cccc(-c3nn[nH]n3)c2)no1. The van der Waals surface area contributed by atoms with Crippen LogP contribution in [-0.4, -0.2) is 31.7 Å². The second kappa shape index (κ2) is 4.92. The molecule has 20 heavy (non-hydrogen) atoms. The summed E-state index contributed by atoms with van der Waals surface area (Å²) in [4.78, 5) is 11.9. The maximum atomic E-state index is 11.9. The lowest BCUT2D eigenvalue weighted by Crippen LogP contribution is -2.12. The van der Waals surface area contributed by atoms with Crippen LogP contribution in [0.5, 0.6) is 0 Å². The molecule has 0 aliphatic rings. The fourth-order valence-corrected chi connectivity index (χ4v) is 1.69. The zero-order chi connectivity index (χ0) is 13.9. The fraction of sp³-hybridized carbons (Fsp3) is 0.0833. The van der Waals surface area contributed by atoms with E-state index in [1.54, 1.807) is 31.2 Å². The monoisotopic (exact) mass is 270 g/mol. The molecule has 0 unspecified atom stereocenters. The van der Waals surface area contributed by atoms with Crippen molar-refractivity contribution >= 4 is 11.6 Å². The van der Waals surface area contributed by atoms with E-state index in [-0.39, 0.29) is 11.6 Å². The number of aryl methyl sites for hydroxylation is 1. The molecule has 3 aromatic rings. The van der Waals surface area contributed by atoms with Gasteiger partial charge >= 0.3 is 0 Å². The van der Waals surface area contributed by atoms with Crippen LogP contribution in [0, 0.1) is 6.92 Å². The minimum absolute atomic E-state index is 0.229. The maximum Gasteiger partial charge on any atom is 0.277 e. The number of hydrogen-bond acceptors (Lipinski definition) is 6. The van der Waals surface area contributed by atoms with E-state index in [4.69, 9.17) is 4.52 Å². The molecule has 0 radical (unpaired) electrons. The largest absolute Gasteiger partial charge is 0.361 e. The predicted molar refractivity (Wildman–Crippen MR) is 68.8 cm³/mol. The Bertz CT molecular complexity index is 734. The number of nitrogens with one attached hydrogen (secondary N) is 2. The Hall–Kier alpha value is -3.03. The molecule has 0 aliphatic carbocycles. The molecule has 0 atom stereocenters. The maximum absolute atomic E-state index is 11.9. The van der Waals surface area contributed by atoms with Crippen molar-refractivity contribution in [3.05, 3.63) is 41.8 Å². The first-order chi connectivity index (χ1) is 9.72. The normalized spacial score (nSPS) is 10.4. The van der Waals surface area contributed by atoms with Crippen LogP contribution in [-0.2, 0) is 0 Å². The number of anilines is 1. The zero-order valence-corrected chi connectivity index (χ0v) is 10.5. The molecule has 0 aliphatic heterocycles. The van der Waals surface area contributed by atoms with Gasteiger partial charge in [0.1, 0.15) is 5.76 Å². The summed E-state index contributed by atoms with van der Waals surface area (Å²) in [5.74, 6) is 0.696. The number of carbonyl (C=O) groups excluding carboxylic acids is 1. The molecule has 0 saturated heterocycles. The van der Waals surface area contributed by atoms with E-state index in [1.165, 1.54) is 0 Å². The molecule has 1 amide bonds. The van der Waals surface area contributed by atoms with Gasteiger partial charge in [-0.25, -0.2) is 0 Å². The van der Waals surface area contributed by atoms with Crippen molar-refractivity contribution in [1.82, 2.24) is 25.8 Å². The number of nitrogens with zero attached hydrogens (tertiary/aromatic N) is 4. The van der Waals surface area contributed by atoms with E-state index in [1.807, 2.05) is 6.07 Å². The lowest BCUT2D eigenvalue weighted by molar-refractivity contribution is 0.101. The van der Waals surface area contributed by atoms with Crippen LogP contribution in [0.1, 0.15) is 16.2 Å². The molecule has 1 aromatic carbocycles. The van der Waals surface area contributed by atoms with Crippen LogP contribution in [0.4, 0.5) is 5.69 Å². The van der Waals surface area contributed by atoms with Crippen LogP contribution in [0.3, 0.4) is 0 Å². The van der Waals surface area contributed by atoms with Crippen molar-refractivity contribution < 1.29 is 9.32 Å². The highest BCUT2D eigenvalue weighted by atomic mass is 16.5. The Kier molecular flexibility index (Phi) is 2.96. The number of amides is 1. The summed E-state index contributed by atoms with van der Waals surface area (Å²) in [7, 11) is 0. The van der Waals surface area contributed by atoms with Crippen molar-refractivity contribution in [3.63, 3.8) is 0 Å². The molecule has 3 rings (SSSR count). The van der Waals surface area contributed by atoms with Gasteiger partial charge in [0.05, 0.1) is 0 Å². The Morgan fingerprint density at radius 1 is 1.35 bits per heavy atom. The van der Waals surface area contributed by atoms with Crippen molar-refractivity contribution in [1.29, 1.82) is 0 Å². The van der Waals surface area contributed by atoms with Gasteiger partial charge in [-0.05, 0) is 24.3 Å². The van der Waals surface area contributed by atoms with Gasteiger partial charge in [-0.1, -0.05) is 17.3 Å². The summed E-state index contributed by atoms with van der Waals surface area (Å²) >= 11 is 0. The second-order valence-electron chi connectivity index (χ2n) is 4.09. The summed E-state index contributed by atoms with van der Waals surface area (Å²) in [5, 5.41) is 20.0. The predicted octanol–water partition coefficient (Wildman–Crippen LogP) is 1.42. The first kappa shape index (κ1) is 12.0. The molecule has 0 fully saturated rings. The molecule has 100 valence electrons. The topological polar surface area (TPSA) is 110 Å². The highest BCUT2D eigenvalue weighted by Crippen LogP contribution is 2.18. The van der Waals surface area contributed by atoms with Crippen LogP contribution < -0.4 is 5.32 Å². The van der Waals surface area contributed by atoms with E-state index in [9.17, 15) is 4.79 Å². The third kappa shape index (κ3) is 2.39. The smallest absolute Gasteiger partial charge is 0.277 e. The molecule has 2 N–H and O–H groups in total. The van der Waals surface area contributed by atoms with E-state index >= 15 is 0 Å². The summed E-state index contributed by atoms with van der Waals surface area (Å²) in [6.45, 7) is 1.72. The number of aromatic nitrogens is 5. The number of rotatable bonds is 3. The molecule has 0 spiro atoms. The average molecular weight is 270 g/mol. The van der Waals surface area contributed by atoms with Gasteiger partial charge in [0.2, 0.25) is 5.82 Å². The number of aromatic amines is 1. The summed E-state index contributed by atoms with van der Waals surface area (Å²) < 4.78 is 4.86. The molecular weight excluding hydrogens is 260 g/mol. The Balaban J connectivity index is 1.81. The number of hydrogen-bond donors (Lipinski definition) is 2. The average Bonchev–Trinajstić information content (AvgIpc) is 3.10. The van der Waals surface area contributed by atoms with E-state index in [0.29, 0.717) is 17.3 Å². The van der Waals surface area contributed by atoms with Gasteiger partial charge < -0.3 is 9.84 Å². The standard InChI is InChI=1S/C12H10N6O2/c1-7-5-10(16-20-7)12(19)13-9-4-2-3-8(6-9)11-14-17-18-15-11/h2-6H,1H3,(H,13,19)(H,14,15,17,18). The number of benzene rings is 1. The zero-order valence-electron chi connectivity index (χ0n) is 10.5. The van der Waals surface area contributed by atoms with E-state index in [2.05, 4.69) is 31.1 Å². The van der Waals surface area contributed by atoms with Crippen LogP contribution in [0.2, 0.25) is 0 Å². The van der Waals surface area contributed by atoms with Gasteiger partial charge in [-0.3, -0.25) is 4.79 Å². The Morgan fingerprint density at radius 2 is 2.25 bits per heavy atom. The first-order valence-electron chi connectivity index (χ1n) is 5.81. The van der Waals surface area contributed by atoms with Crippen LogP contribution in [0.15, 0.2) is 34.9 Å².